The SMILES string of the molecule is CC(COCC1CC=CCC1C)C(=O)O. The van der Waals surface area contributed by atoms with Gasteiger partial charge in [-0.05, 0) is 31.6 Å². The van der Waals surface area contributed by atoms with Crippen molar-refractivity contribution in [2.75, 3.05) is 13.2 Å². The molecule has 1 N–H and O–H groups in total. The first-order valence-electron chi connectivity index (χ1n) is 5.56. The van der Waals surface area contributed by atoms with Crippen LogP contribution >= 0.6 is 0 Å². The molecule has 1 aliphatic carbocycles. The van der Waals surface area contributed by atoms with E-state index >= 15 is 0 Å². The third-order valence-corrected chi connectivity index (χ3v) is 3.04. The average molecular weight is 212 g/mol. The van der Waals surface area contributed by atoms with Crippen LogP contribution in [0.4, 0.5) is 0 Å². The van der Waals surface area contributed by atoms with Crippen LogP contribution in [0.3, 0.4) is 0 Å². The number of carbonyl (C=O) groups is 1. The number of rotatable bonds is 5. The van der Waals surface area contributed by atoms with Crippen molar-refractivity contribution in [1.82, 2.24) is 0 Å². The Morgan fingerprint density at radius 2 is 2.20 bits per heavy atom. The third kappa shape index (κ3) is 4.04. The second-order valence-corrected chi connectivity index (χ2v) is 4.46. The highest BCUT2D eigenvalue weighted by Gasteiger charge is 2.19. The van der Waals surface area contributed by atoms with Gasteiger partial charge in [-0.15, -0.1) is 0 Å². The second-order valence-electron chi connectivity index (χ2n) is 4.46. The minimum absolute atomic E-state index is 0.322. The van der Waals surface area contributed by atoms with Crippen molar-refractivity contribution in [3.05, 3.63) is 12.2 Å². The smallest absolute Gasteiger partial charge is 0.308 e. The molecule has 1 rings (SSSR count). The van der Waals surface area contributed by atoms with E-state index in [9.17, 15) is 4.79 Å². The van der Waals surface area contributed by atoms with Gasteiger partial charge in [0.05, 0.1) is 12.5 Å². The van der Waals surface area contributed by atoms with E-state index in [1.165, 1.54) is 0 Å². The minimum Gasteiger partial charge on any atom is -0.481 e. The minimum atomic E-state index is -0.786. The molecular weight excluding hydrogens is 192 g/mol. The third-order valence-electron chi connectivity index (χ3n) is 3.04. The number of aliphatic carboxylic acids is 1. The Balaban J connectivity index is 2.19. The Kier molecular flexibility index (Phi) is 4.82. The van der Waals surface area contributed by atoms with Crippen LogP contribution in [0.25, 0.3) is 0 Å². The van der Waals surface area contributed by atoms with Gasteiger partial charge in [0.25, 0.3) is 0 Å². The Hall–Kier alpha value is -0.830. The van der Waals surface area contributed by atoms with E-state index in [0.29, 0.717) is 25.0 Å². The molecule has 0 saturated carbocycles. The van der Waals surface area contributed by atoms with Gasteiger partial charge in [-0.1, -0.05) is 19.1 Å². The summed E-state index contributed by atoms with van der Waals surface area (Å²) >= 11 is 0. The van der Waals surface area contributed by atoms with Crippen LogP contribution in [-0.4, -0.2) is 24.3 Å². The van der Waals surface area contributed by atoms with Crippen molar-refractivity contribution in [2.24, 2.45) is 17.8 Å². The second kappa shape index (κ2) is 5.91. The van der Waals surface area contributed by atoms with Crippen LogP contribution < -0.4 is 0 Å². The molecule has 0 saturated heterocycles. The summed E-state index contributed by atoms with van der Waals surface area (Å²) in [5.74, 6) is 0.0113. The number of carboxylic acid groups (broad SMARTS) is 1. The van der Waals surface area contributed by atoms with Crippen LogP contribution in [-0.2, 0) is 9.53 Å². The highest BCUT2D eigenvalue weighted by molar-refractivity contribution is 5.69. The van der Waals surface area contributed by atoms with E-state index in [2.05, 4.69) is 19.1 Å². The zero-order chi connectivity index (χ0) is 11.3. The van der Waals surface area contributed by atoms with Gasteiger partial charge in [-0.3, -0.25) is 4.79 Å². The summed E-state index contributed by atoms with van der Waals surface area (Å²) in [5, 5.41) is 8.68. The molecule has 15 heavy (non-hydrogen) atoms. The van der Waals surface area contributed by atoms with Gasteiger partial charge in [-0.2, -0.15) is 0 Å². The van der Waals surface area contributed by atoms with Crippen LogP contribution in [0, 0.1) is 17.8 Å². The van der Waals surface area contributed by atoms with Gasteiger partial charge < -0.3 is 9.84 Å². The molecule has 0 aromatic heterocycles. The fourth-order valence-corrected chi connectivity index (χ4v) is 1.71. The largest absolute Gasteiger partial charge is 0.481 e. The predicted molar refractivity (Wildman–Crippen MR) is 58.6 cm³/mol. The van der Waals surface area contributed by atoms with Crippen molar-refractivity contribution in [3.8, 4) is 0 Å². The lowest BCUT2D eigenvalue weighted by Gasteiger charge is -2.25. The summed E-state index contributed by atoms with van der Waals surface area (Å²) < 4.78 is 5.45. The first-order chi connectivity index (χ1) is 7.11. The van der Waals surface area contributed by atoms with Gasteiger partial charge in [0, 0.05) is 6.61 Å². The van der Waals surface area contributed by atoms with Gasteiger partial charge >= 0.3 is 5.97 Å². The van der Waals surface area contributed by atoms with Crippen molar-refractivity contribution >= 4 is 5.97 Å². The quantitative estimate of drug-likeness (QED) is 0.711. The Labute approximate surface area is 91.1 Å². The van der Waals surface area contributed by atoms with E-state index in [-0.39, 0.29) is 0 Å². The fraction of sp³-hybridized carbons (Fsp3) is 0.750. The zero-order valence-electron chi connectivity index (χ0n) is 9.48. The molecule has 0 aromatic rings. The van der Waals surface area contributed by atoms with E-state index in [0.717, 1.165) is 12.8 Å². The van der Waals surface area contributed by atoms with Gasteiger partial charge in [0.15, 0.2) is 0 Å². The van der Waals surface area contributed by atoms with E-state index < -0.39 is 11.9 Å². The molecule has 0 spiro atoms. The van der Waals surface area contributed by atoms with Gasteiger partial charge in [-0.25, -0.2) is 0 Å². The molecule has 1 aliphatic rings. The molecule has 3 unspecified atom stereocenters. The Morgan fingerprint density at radius 1 is 1.53 bits per heavy atom. The molecule has 3 heteroatoms. The number of hydrogen-bond acceptors (Lipinski definition) is 2. The fourth-order valence-electron chi connectivity index (χ4n) is 1.71. The molecule has 3 atom stereocenters. The number of hydrogen-bond donors (Lipinski definition) is 1. The molecule has 0 heterocycles. The molecule has 0 amide bonds. The van der Waals surface area contributed by atoms with E-state index in [1.54, 1.807) is 6.92 Å². The van der Waals surface area contributed by atoms with Crippen LogP contribution in [0.2, 0.25) is 0 Å². The maximum Gasteiger partial charge on any atom is 0.308 e. The monoisotopic (exact) mass is 212 g/mol. The summed E-state index contributed by atoms with van der Waals surface area (Å²) in [7, 11) is 0. The normalized spacial score (nSPS) is 27.6. The summed E-state index contributed by atoms with van der Waals surface area (Å²) in [5.41, 5.74) is 0. The van der Waals surface area contributed by atoms with Crippen molar-refractivity contribution < 1.29 is 14.6 Å². The van der Waals surface area contributed by atoms with Gasteiger partial charge in [0.2, 0.25) is 0 Å². The molecule has 0 radical (unpaired) electrons. The van der Waals surface area contributed by atoms with Crippen molar-refractivity contribution in [1.29, 1.82) is 0 Å². The summed E-state index contributed by atoms with van der Waals surface area (Å²) in [4.78, 5) is 10.6. The Bertz CT molecular complexity index is 235. The van der Waals surface area contributed by atoms with E-state index in [1.807, 2.05) is 0 Å². The van der Waals surface area contributed by atoms with Crippen LogP contribution in [0.5, 0.6) is 0 Å². The van der Waals surface area contributed by atoms with E-state index in [4.69, 9.17) is 9.84 Å². The summed E-state index contributed by atoms with van der Waals surface area (Å²) in [6.07, 6.45) is 6.57. The lowest BCUT2D eigenvalue weighted by molar-refractivity contribution is -0.143. The lowest BCUT2D eigenvalue weighted by atomic mass is 9.85. The molecule has 0 aliphatic heterocycles. The van der Waals surface area contributed by atoms with Crippen molar-refractivity contribution in [3.63, 3.8) is 0 Å². The van der Waals surface area contributed by atoms with Crippen LogP contribution in [0.15, 0.2) is 12.2 Å². The molecule has 0 aromatic carbocycles. The van der Waals surface area contributed by atoms with Crippen molar-refractivity contribution in [2.45, 2.75) is 26.7 Å². The lowest BCUT2D eigenvalue weighted by Crippen LogP contribution is -2.23. The zero-order valence-corrected chi connectivity index (χ0v) is 9.48. The maximum atomic E-state index is 10.6. The highest BCUT2D eigenvalue weighted by Crippen LogP contribution is 2.25. The molecule has 0 bridgehead atoms. The first kappa shape index (κ1) is 12.2. The number of ether oxygens (including phenoxy) is 1. The summed E-state index contributed by atoms with van der Waals surface area (Å²) in [6, 6.07) is 0. The standard InChI is InChI=1S/C12H20O3/c1-9-5-3-4-6-11(9)8-15-7-10(2)12(13)14/h3-4,9-11H,5-8H2,1-2H3,(H,13,14). The molecule has 86 valence electrons. The molecule has 3 nitrogen and oxygen atoms in total. The number of carboxylic acids is 1. The Morgan fingerprint density at radius 3 is 2.80 bits per heavy atom. The predicted octanol–water partition coefficient (Wildman–Crippen LogP) is 2.33. The van der Waals surface area contributed by atoms with Crippen LogP contribution in [0.1, 0.15) is 26.7 Å². The molecular formula is C12H20O3. The topological polar surface area (TPSA) is 46.5 Å². The molecule has 0 fully saturated rings. The van der Waals surface area contributed by atoms with Gasteiger partial charge in [0.1, 0.15) is 0 Å². The average Bonchev–Trinajstić information content (AvgIpc) is 2.20. The highest BCUT2D eigenvalue weighted by atomic mass is 16.5. The first-order valence-corrected chi connectivity index (χ1v) is 5.56. The number of allylic oxidation sites excluding steroid dienone is 2. The maximum absolute atomic E-state index is 10.6. The summed E-state index contributed by atoms with van der Waals surface area (Å²) in [6.45, 7) is 4.90.